The molecular weight excluding hydrogens is 773 g/mol. The maximum atomic E-state index is 13.5. The molecule has 8 atom stereocenters. The lowest BCUT2D eigenvalue weighted by Gasteiger charge is -2.41. The van der Waals surface area contributed by atoms with Crippen molar-refractivity contribution in [1.82, 2.24) is 36.3 Å². The van der Waals surface area contributed by atoms with E-state index in [1.54, 1.807) is 60.7 Å². The first-order valence-electron chi connectivity index (χ1n) is 18.4. The second-order valence-electron chi connectivity index (χ2n) is 13.5. The first-order valence-corrected chi connectivity index (χ1v) is 19.2. The van der Waals surface area contributed by atoms with Crippen LogP contribution in [-0.4, -0.2) is 127 Å². The number of nitrogens with two attached hydrogens (primary N) is 1. The Morgan fingerprint density at radius 1 is 0.759 bits per heavy atom. The number of aromatic nitrogens is 3. The largest absolute Gasteiger partial charge is 0.480 e. The summed E-state index contributed by atoms with van der Waals surface area (Å²) in [6.07, 6.45) is -2.45. The molecule has 2 heterocycles. The maximum absolute atomic E-state index is 13.5. The summed E-state index contributed by atoms with van der Waals surface area (Å²) >= 11 is 1.26. The number of nitrogens with one attached hydrogen (secondary N) is 4. The van der Waals surface area contributed by atoms with E-state index in [9.17, 15) is 39.3 Å². The molecular formula is C39H46N8O10S. The standard InChI is InChI=1S/C39H46N8O10S/c40-27(18-25-21-47(46-45-25)33-35(53)34(52)30(22-48)57-39(33)58-26-14-8-3-9-15-26)36(54)44-29(17-24-12-6-2-7-13-24)38(56)41-19-31(49)43-28(37(55)42-20-32(50)51)16-23-10-4-1-5-11-23/h1-15,21,27-30,33-35,39,48,52-53H,16-20,22,40H2,(H,41,56)(H,42,55)(H,43,49)(H,44,54)(H,50,51)/t27-,28-,29-,30+,33+,34-,35+,39+/m0/s1. The quantitative estimate of drug-likeness (QED) is 0.0532. The molecule has 0 aliphatic carbocycles. The molecule has 5 rings (SSSR count). The van der Waals surface area contributed by atoms with Gasteiger partial charge >= 0.3 is 5.97 Å². The van der Waals surface area contributed by atoms with Gasteiger partial charge in [0.25, 0.3) is 0 Å². The van der Waals surface area contributed by atoms with Crippen LogP contribution < -0.4 is 27.0 Å². The minimum Gasteiger partial charge on any atom is -0.480 e. The molecule has 58 heavy (non-hydrogen) atoms. The lowest BCUT2D eigenvalue weighted by molar-refractivity contribution is -0.182. The fraction of sp³-hybridized carbons (Fsp3) is 0.359. The highest BCUT2D eigenvalue weighted by Gasteiger charge is 2.46. The van der Waals surface area contributed by atoms with Crippen molar-refractivity contribution in [3.8, 4) is 0 Å². The SMILES string of the molecule is N[C@@H](Cc1cn([C@@H]2[C@@H](O)[C@@H](O)[C@@H](CO)O[C@@H]2Sc2ccccc2)nn1)C(=O)N[C@@H](Cc1ccccc1)C(=O)NCC(=O)N[C@@H](Cc1ccccc1)C(=O)NCC(=O)O. The Bertz CT molecular complexity index is 1980. The van der Waals surface area contributed by atoms with Gasteiger partial charge in [-0.05, 0) is 23.3 Å². The number of aliphatic carboxylic acids is 1. The van der Waals surface area contributed by atoms with Crippen molar-refractivity contribution >= 4 is 41.4 Å². The molecule has 0 radical (unpaired) electrons. The molecule has 308 valence electrons. The van der Waals surface area contributed by atoms with Crippen molar-refractivity contribution < 1.29 is 49.1 Å². The van der Waals surface area contributed by atoms with E-state index in [1.165, 1.54) is 22.6 Å². The zero-order chi connectivity index (χ0) is 41.6. The minimum absolute atomic E-state index is 0.0361. The van der Waals surface area contributed by atoms with Crippen LogP contribution in [0.5, 0.6) is 0 Å². The number of aliphatic hydroxyl groups excluding tert-OH is 3. The molecule has 4 amide bonds. The topological polar surface area (TPSA) is 280 Å². The van der Waals surface area contributed by atoms with Gasteiger partial charge in [-0.3, -0.25) is 24.0 Å². The number of ether oxygens (including phenoxy) is 1. The third kappa shape index (κ3) is 12.4. The number of hydrogen-bond acceptors (Lipinski definition) is 13. The second-order valence-corrected chi connectivity index (χ2v) is 14.7. The number of aliphatic hydroxyl groups is 3. The van der Waals surface area contributed by atoms with Gasteiger partial charge in [-0.1, -0.05) is 95.8 Å². The van der Waals surface area contributed by atoms with Crippen LogP contribution >= 0.6 is 11.8 Å². The Labute approximate surface area is 337 Å². The van der Waals surface area contributed by atoms with Crippen molar-refractivity contribution in [2.45, 2.75) is 72.1 Å². The minimum atomic E-state index is -1.43. The highest BCUT2D eigenvalue weighted by atomic mass is 32.2. The summed E-state index contributed by atoms with van der Waals surface area (Å²) in [5.74, 6) is -4.15. The van der Waals surface area contributed by atoms with Crippen molar-refractivity contribution in [3.05, 3.63) is 114 Å². The van der Waals surface area contributed by atoms with Crippen LogP contribution in [0.2, 0.25) is 0 Å². The summed E-state index contributed by atoms with van der Waals surface area (Å²) in [6.45, 7) is -1.74. The van der Waals surface area contributed by atoms with Gasteiger partial charge in [0.15, 0.2) is 0 Å². The van der Waals surface area contributed by atoms with Crippen molar-refractivity contribution in [1.29, 1.82) is 0 Å². The molecule has 3 aromatic carbocycles. The number of benzene rings is 3. The van der Waals surface area contributed by atoms with E-state index < -0.39 is 97.2 Å². The molecule has 1 aromatic heterocycles. The van der Waals surface area contributed by atoms with Gasteiger partial charge in [0, 0.05) is 30.4 Å². The zero-order valence-corrected chi connectivity index (χ0v) is 32.0. The number of carboxylic acids is 1. The van der Waals surface area contributed by atoms with Gasteiger partial charge in [-0.25, -0.2) is 4.68 Å². The van der Waals surface area contributed by atoms with E-state index in [4.69, 9.17) is 15.6 Å². The molecule has 18 nitrogen and oxygen atoms in total. The van der Waals surface area contributed by atoms with Gasteiger partial charge in [0.05, 0.1) is 24.9 Å². The number of rotatable bonds is 19. The average molecular weight is 819 g/mol. The summed E-state index contributed by atoms with van der Waals surface area (Å²) in [7, 11) is 0. The Balaban J connectivity index is 1.23. The van der Waals surface area contributed by atoms with Crippen molar-refractivity contribution in [2.75, 3.05) is 19.7 Å². The molecule has 0 unspecified atom stereocenters. The van der Waals surface area contributed by atoms with Crippen LogP contribution in [0.15, 0.2) is 102 Å². The molecule has 0 saturated carbocycles. The predicted molar refractivity (Wildman–Crippen MR) is 209 cm³/mol. The number of carbonyl (C=O) groups excluding carboxylic acids is 4. The molecule has 1 aliphatic rings. The van der Waals surface area contributed by atoms with Crippen molar-refractivity contribution in [3.63, 3.8) is 0 Å². The molecule has 1 aliphatic heterocycles. The van der Waals surface area contributed by atoms with Crippen LogP contribution in [0.3, 0.4) is 0 Å². The summed E-state index contributed by atoms with van der Waals surface area (Å²) in [4.78, 5) is 64.6. The second kappa shape index (κ2) is 21.2. The highest BCUT2D eigenvalue weighted by Crippen LogP contribution is 2.39. The van der Waals surface area contributed by atoms with E-state index in [0.29, 0.717) is 11.1 Å². The number of carboxylic acid groups (broad SMARTS) is 1. The van der Waals surface area contributed by atoms with Gasteiger partial charge < -0.3 is 52.2 Å². The van der Waals surface area contributed by atoms with Gasteiger partial charge in [0.1, 0.15) is 48.4 Å². The number of thioether (sulfide) groups is 1. The van der Waals surface area contributed by atoms with Gasteiger partial charge in [-0.15, -0.1) is 5.10 Å². The van der Waals surface area contributed by atoms with E-state index >= 15 is 0 Å². The van der Waals surface area contributed by atoms with Crippen LogP contribution in [-0.2, 0) is 48.0 Å². The van der Waals surface area contributed by atoms with Crippen LogP contribution in [0.4, 0.5) is 0 Å². The van der Waals surface area contributed by atoms with Crippen molar-refractivity contribution in [2.24, 2.45) is 5.73 Å². The third-order valence-corrected chi connectivity index (χ3v) is 10.3. The fourth-order valence-corrected chi connectivity index (χ4v) is 7.37. The van der Waals surface area contributed by atoms with Gasteiger partial charge in [-0.2, -0.15) is 0 Å². The fourth-order valence-electron chi connectivity index (χ4n) is 6.17. The normalized spacial score (nSPS) is 20.5. The Kier molecular flexibility index (Phi) is 15.8. The van der Waals surface area contributed by atoms with Crippen LogP contribution in [0.1, 0.15) is 22.9 Å². The molecule has 0 spiro atoms. The molecule has 1 fully saturated rings. The lowest BCUT2D eigenvalue weighted by Crippen LogP contribution is -2.55. The van der Waals surface area contributed by atoms with E-state index in [1.807, 2.05) is 30.3 Å². The number of nitrogens with zero attached hydrogens (tertiary/aromatic N) is 3. The smallest absolute Gasteiger partial charge is 0.322 e. The molecule has 19 heteroatoms. The van der Waals surface area contributed by atoms with Crippen LogP contribution in [0.25, 0.3) is 0 Å². The summed E-state index contributed by atoms with van der Waals surface area (Å²) in [6, 6.07) is 22.3. The average Bonchev–Trinajstić information content (AvgIpc) is 3.68. The third-order valence-electron chi connectivity index (χ3n) is 9.16. The number of hydrogen-bond donors (Lipinski definition) is 9. The molecule has 0 bridgehead atoms. The number of carbonyl (C=O) groups is 5. The van der Waals surface area contributed by atoms with E-state index in [-0.39, 0.29) is 25.0 Å². The molecule has 4 aromatic rings. The zero-order valence-electron chi connectivity index (χ0n) is 31.2. The Morgan fingerprint density at radius 3 is 1.88 bits per heavy atom. The first-order chi connectivity index (χ1) is 27.9. The Hall–Kier alpha value is -5.70. The monoisotopic (exact) mass is 818 g/mol. The van der Waals surface area contributed by atoms with E-state index in [0.717, 1.165) is 4.90 Å². The molecule has 1 saturated heterocycles. The lowest BCUT2D eigenvalue weighted by atomic mass is 9.98. The number of amides is 4. The maximum Gasteiger partial charge on any atom is 0.322 e. The molecule has 10 N–H and O–H groups in total. The summed E-state index contributed by atoms with van der Waals surface area (Å²) < 4.78 is 7.28. The van der Waals surface area contributed by atoms with E-state index in [2.05, 4.69) is 31.6 Å². The Morgan fingerprint density at radius 2 is 1.31 bits per heavy atom. The highest BCUT2D eigenvalue weighted by molar-refractivity contribution is 7.99. The summed E-state index contributed by atoms with van der Waals surface area (Å²) in [5.41, 5.74) is 7.16. The summed E-state index contributed by atoms with van der Waals surface area (Å²) in [5, 5.41) is 58.8. The van der Waals surface area contributed by atoms with Gasteiger partial charge in [0.2, 0.25) is 23.6 Å². The van der Waals surface area contributed by atoms with Crippen LogP contribution in [0, 0.1) is 0 Å². The predicted octanol–water partition coefficient (Wildman–Crippen LogP) is -1.31. The first kappa shape index (κ1) is 43.4.